The molecule has 0 aliphatic carbocycles. The van der Waals surface area contributed by atoms with Crippen LogP contribution >= 0.6 is 23.7 Å². The molecule has 2 aliphatic rings. The number of amides is 2. The standard InChI is InChI=1S/C15H20N4O4S.ClH/c16-10-5-8-17(9-6-10)14(20)11-2-1-7-18(11)15(21)12-3-4-13(24-12)19(22)23;/h3-4,10-11H,1-2,5-9,16H2;1H. The van der Waals surface area contributed by atoms with Gasteiger partial charge in [0.1, 0.15) is 6.04 Å². The zero-order chi connectivity index (χ0) is 17.3. The van der Waals surface area contributed by atoms with Crippen molar-refractivity contribution in [1.82, 2.24) is 9.80 Å². The molecule has 0 spiro atoms. The van der Waals surface area contributed by atoms with Crippen molar-refractivity contribution in [3.05, 3.63) is 27.1 Å². The monoisotopic (exact) mass is 388 g/mol. The number of likely N-dealkylation sites (tertiary alicyclic amines) is 2. The molecule has 1 unspecified atom stereocenters. The summed E-state index contributed by atoms with van der Waals surface area (Å²) in [6.45, 7) is 1.76. The minimum atomic E-state index is -0.509. The van der Waals surface area contributed by atoms with Gasteiger partial charge in [0.2, 0.25) is 5.91 Å². The number of rotatable bonds is 3. The van der Waals surface area contributed by atoms with Gasteiger partial charge in [0.15, 0.2) is 0 Å². The van der Waals surface area contributed by atoms with Gasteiger partial charge in [-0.05, 0) is 31.7 Å². The van der Waals surface area contributed by atoms with Crippen LogP contribution in [0, 0.1) is 10.1 Å². The fourth-order valence-corrected chi connectivity index (χ4v) is 4.06. The highest BCUT2D eigenvalue weighted by atomic mass is 35.5. The molecule has 2 fully saturated rings. The minimum Gasteiger partial charge on any atom is -0.341 e. The Labute approximate surface area is 155 Å². The quantitative estimate of drug-likeness (QED) is 0.625. The Morgan fingerprint density at radius 2 is 1.88 bits per heavy atom. The second kappa shape index (κ2) is 8.11. The van der Waals surface area contributed by atoms with Crippen LogP contribution in [0.2, 0.25) is 0 Å². The highest BCUT2D eigenvalue weighted by molar-refractivity contribution is 7.17. The summed E-state index contributed by atoms with van der Waals surface area (Å²) in [5.41, 5.74) is 5.87. The average molecular weight is 389 g/mol. The Morgan fingerprint density at radius 3 is 2.48 bits per heavy atom. The van der Waals surface area contributed by atoms with E-state index in [2.05, 4.69) is 0 Å². The van der Waals surface area contributed by atoms with Crippen LogP contribution in [-0.4, -0.2) is 58.3 Å². The van der Waals surface area contributed by atoms with Gasteiger partial charge < -0.3 is 15.5 Å². The second-order valence-electron chi connectivity index (χ2n) is 6.21. The van der Waals surface area contributed by atoms with Crippen molar-refractivity contribution in [2.45, 2.75) is 37.8 Å². The molecular weight excluding hydrogens is 368 g/mol. The largest absolute Gasteiger partial charge is 0.341 e. The molecule has 2 amide bonds. The minimum absolute atomic E-state index is 0. The number of nitro groups is 1. The van der Waals surface area contributed by atoms with Crippen LogP contribution in [0.15, 0.2) is 12.1 Å². The summed E-state index contributed by atoms with van der Waals surface area (Å²) >= 11 is 0.854. The summed E-state index contributed by atoms with van der Waals surface area (Å²) in [4.78, 5) is 39.3. The Hall–Kier alpha value is -1.71. The van der Waals surface area contributed by atoms with E-state index in [1.54, 1.807) is 9.80 Å². The van der Waals surface area contributed by atoms with Gasteiger partial charge in [0, 0.05) is 31.7 Å². The third-order valence-corrected chi connectivity index (χ3v) is 5.66. The van der Waals surface area contributed by atoms with E-state index in [1.807, 2.05) is 0 Å². The molecule has 1 aromatic heterocycles. The van der Waals surface area contributed by atoms with E-state index < -0.39 is 11.0 Å². The number of halogens is 1. The molecule has 1 atom stereocenters. The van der Waals surface area contributed by atoms with Crippen LogP contribution in [0.25, 0.3) is 0 Å². The predicted molar refractivity (Wildman–Crippen MR) is 96.1 cm³/mol. The van der Waals surface area contributed by atoms with E-state index in [0.29, 0.717) is 30.9 Å². The second-order valence-corrected chi connectivity index (χ2v) is 7.28. The zero-order valence-corrected chi connectivity index (χ0v) is 15.3. The van der Waals surface area contributed by atoms with E-state index in [4.69, 9.17) is 5.73 Å². The Balaban J connectivity index is 0.00000225. The molecular formula is C15H21ClN4O4S. The summed E-state index contributed by atoms with van der Waals surface area (Å²) in [6, 6.07) is 2.47. The number of hydrogen-bond acceptors (Lipinski definition) is 6. The SMILES string of the molecule is Cl.NC1CCN(C(=O)C2CCCN2C(=O)c2ccc([N+](=O)[O-])s2)CC1. The summed E-state index contributed by atoms with van der Waals surface area (Å²) < 4.78 is 0. The number of nitrogens with zero attached hydrogens (tertiary/aromatic N) is 3. The van der Waals surface area contributed by atoms with Gasteiger partial charge in [-0.3, -0.25) is 19.7 Å². The van der Waals surface area contributed by atoms with E-state index in [0.717, 1.165) is 30.6 Å². The average Bonchev–Trinajstić information content (AvgIpc) is 3.24. The summed E-state index contributed by atoms with van der Waals surface area (Å²) in [7, 11) is 0. The van der Waals surface area contributed by atoms with Crippen molar-refractivity contribution in [2.75, 3.05) is 19.6 Å². The lowest BCUT2D eigenvalue weighted by atomic mass is 10.0. The molecule has 0 radical (unpaired) electrons. The lowest BCUT2D eigenvalue weighted by Crippen LogP contribution is -2.51. The topological polar surface area (TPSA) is 110 Å². The molecule has 3 rings (SSSR count). The zero-order valence-electron chi connectivity index (χ0n) is 13.6. The fraction of sp³-hybridized carbons (Fsp3) is 0.600. The third-order valence-electron chi connectivity index (χ3n) is 4.63. The number of thiophene rings is 1. The first kappa shape index (κ1) is 19.6. The molecule has 0 saturated carbocycles. The van der Waals surface area contributed by atoms with Gasteiger partial charge in [0.25, 0.3) is 5.91 Å². The van der Waals surface area contributed by atoms with Crippen molar-refractivity contribution >= 4 is 40.6 Å². The Bertz CT molecular complexity index is 660. The molecule has 8 nitrogen and oxygen atoms in total. The van der Waals surface area contributed by atoms with Gasteiger partial charge in [0.05, 0.1) is 9.80 Å². The van der Waals surface area contributed by atoms with Crippen LogP contribution in [0.4, 0.5) is 5.00 Å². The first-order chi connectivity index (χ1) is 11.5. The third kappa shape index (κ3) is 4.10. The van der Waals surface area contributed by atoms with Gasteiger partial charge in [-0.25, -0.2) is 0 Å². The van der Waals surface area contributed by atoms with E-state index >= 15 is 0 Å². The van der Waals surface area contributed by atoms with E-state index in [-0.39, 0.29) is 35.3 Å². The molecule has 25 heavy (non-hydrogen) atoms. The van der Waals surface area contributed by atoms with Gasteiger partial charge >= 0.3 is 5.00 Å². The smallest absolute Gasteiger partial charge is 0.324 e. The Morgan fingerprint density at radius 1 is 1.20 bits per heavy atom. The first-order valence-corrected chi connectivity index (χ1v) is 8.88. The van der Waals surface area contributed by atoms with Crippen LogP contribution in [0.3, 0.4) is 0 Å². The maximum Gasteiger partial charge on any atom is 0.324 e. The maximum atomic E-state index is 12.8. The predicted octanol–water partition coefficient (Wildman–Crippen LogP) is 1.63. The lowest BCUT2D eigenvalue weighted by molar-refractivity contribution is -0.380. The van der Waals surface area contributed by atoms with E-state index in [9.17, 15) is 19.7 Å². The van der Waals surface area contributed by atoms with E-state index in [1.165, 1.54) is 12.1 Å². The van der Waals surface area contributed by atoms with Gasteiger partial charge in [-0.1, -0.05) is 11.3 Å². The van der Waals surface area contributed by atoms with Crippen LogP contribution in [0.5, 0.6) is 0 Å². The van der Waals surface area contributed by atoms with Crippen molar-refractivity contribution in [1.29, 1.82) is 0 Å². The highest BCUT2D eigenvalue weighted by Crippen LogP contribution is 2.29. The number of nitrogens with two attached hydrogens (primary N) is 1. The first-order valence-electron chi connectivity index (χ1n) is 8.07. The van der Waals surface area contributed by atoms with Crippen molar-refractivity contribution in [2.24, 2.45) is 5.73 Å². The van der Waals surface area contributed by atoms with Crippen LogP contribution in [-0.2, 0) is 4.79 Å². The normalized spacial score (nSPS) is 21.1. The molecule has 138 valence electrons. The lowest BCUT2D eigenvalue weighted by Gasteiger charge is -2.34. The molecule has 1 aromatic rings. The van der Waals surface area contributed by atoms with Crippen molar-refractivity contribution in [3.8, 4) is 0 Å². The van der Waals surface area contributed by atoms with Crippen LogP contribution in [0.1, 0.15) is 35.4 Å². The summed E-state index contributed by atoms with van der Waals surface area (Å²) in [6.07, 6.45) is 2.97. The summed E-state index contributed by atoms with van der Waals surface area (Å²) in [5.74, 6) is -0.323. The van der Waals surface area contributed by atoms with Crippen molar-refractivity contribution in [3.63, 3.8) is 0 Å². The maximum absolute atomic E-state index is 12.8. The molecule has 2 aliphatic heterocycles. The fourth-order valence-electron chi connectivity index (χ4n) is 3.28. The number of hydrogen-bond donors (Lipinski definition) is 1. The molecule has 2 N–H and O–H groups in total. The highest BCUT2D eigenvalue weighted by Gasteiger charge is 2.38. The van der Waals surface area contributed by atoms with Gasteiger partial charge in [-0.2, -0.15) is 0 Å². The molecule has 2 saturated heterocycles. The van der Waals surface area contributed by atoms with Crippen LogP contribution < -0.4 is 5.73 Å². The van der Waals surface area contributed by atoms with Gasteiger partial charge in [-0.15, -0.1) is 12.4 Å². The summed E-state index contributed by atoms with van der Waals surface area (Å²) in [5, 5.41) is 10.7. The van der Waals surface area contributed by atoms with Crippen molar-refractivity contribution < 1.29 is 14.5 Å². The molecule has 3 heterocycles. The number of carbonyl (C=O) groups is 2. The Kier molecular flexibility index (Phi) is 6.36. The molecule has 10 heteroatoms. The molecule has 0 bridgehead atoms. The number of carbonyl (C=O) groups excluding carboxylic acids is 2. The molecule has 0 aromatic carbocycles. The number of piperidine rings is 1.